The second kappa shape index (κ2) is 6.40. The molecule has 0 aromatic heterocycles. The number of fused-ring (bicyclic) bond motifs is 1. The van der Waals surface area contributed by atoms with E-state index in [0.717, 1.165) is 22.6 Å². The minimum absolute atomic E-state index is 0.113. The largest absolute Gasteiger partial charge is 0.340 e. The van der Waals surface area contributed by atoms with Crippen molar-refractivity contribution in [2.45, 2.75) is 13.0 Å². The second-order valence-electron chi connectivity index (χ2n) is 5.37. The first-order valence-corrected chi connectivity index (χ1v) is 7.63. The minimum Gasteiger partial charge on any atom is -0.340 e. The summed E-state index contributed by atoms with van der Waals surface area (Å²) in [4.78, 5) is 18.4. The summed E-state index contributed by atoms with van der Waals surface area (Å²) in [5, 5.41) is 0.675. The predicted octanol–water partition coefficient (Wildman–Crippen LogP) is 2.78. The molecule has 3 N–H and O–H groups in total. The van der Waals surface area contributed by atoms with Gasteiger partial charge in [-0.25, -0.2) is 10.8 Å². The first kappa shape index (κ1) is 15.5. The number of nitrogens with zero attached hydrogens (tertiary/aromatic N) is 2. The van der Waals surface area contributed by atoms with Gasteiger partial charge in [0.2, 0.25) is 0 Å². The van der Waals surface area contributed by atoms with E-state index in [1.54, 1.807) is 0 Å². The monoisotopic (exact) mass is 328 g/mol. The van der Waals surface area contributed by atoms with E-state index in [9.17, 15) is 4.79 Å². The molecule has 0 bridgehead atoms. The Hall–Kier alpha value is -2.37. The number of amides is 1. The van der Waals surface area contributed by atoms with Crippen LogP contribution < -0.4 is 11.3 Å². The maximum atomic E-state index is 11.8. The third-order valence-corrected chi connectivity index (χ3v) is 4.15. The molecule has 0 aliphatic carbocycles. The molecular formula is C17H17ClN4O. The van der Waals surface area contributed by atoms with Crippen LogP contribution in [0.25, 0.3) is 0 Å². The Morgan fingerprint density at radius 3 is 2.65 bits per heavy atom. The number of hydrogen-bond acceptors (Lipinski definition) is 4. The zero-order valence-corrected chi connectivity index (χ0v) is 13.4. The fourth-order valence-corrected chi connectivity index (χ4v) is 2.95. The minimum atomic E-state index is -0.266. The number of benzene rings is 2. The molecule has 1 amide bonds. The van der Waals surface area contributed by atoms with Gasteiger partial charge < -0.3 is 4.90 Å². The van der Waals surface area contributed by atoms with Gasteiger partial charge in [0.05, 0.1) is 11.7 Å². The Morgan fingerprint density at radius 1 is 1.26 bits per heavy atom. The van der Waals surface area contributed by atoms with E-state index < -0.39 is 0 Å². The lowest BCUT2D eigenvalue weighted by Crippen LogP contribution is -2.45. The van der Waals surface area contributed by atoms with Crippen LogP contribution in [0.4, 0.5) is 5.69 Å². The van der Waals surface area contributed by atoms with Crippen LogP contribution in [0, 0.1) is 0 Å². The SMILES string of the molecule is CC1=Nc2ccccc2[C@H](c2ccc(Cl)cc2)N1CC(=O)NN. The van der Waals surface area contributed by atoms with Crippen LogP contribution in [0.15, 0.2) is 53.5 Å². The number of para-hydroxylation sites is 1. The highest BCUT2D eigenvalue weighted by Crippen LogP contribution is 2.39. The molecule has 0 fully saturated rings. The van der Waals surface area contributed by atoms with Gasteiger partial charge in [0.15, 0.2) is 0 Å². The molecule has 1 atom stereocenters. The molecule has 6 heteroatoms. The van der Waals surface area contributed by atoms with E-state index in [-0.39, 0.29) is 18.5 Å². The van der Waals surface area contributed by atoms with Crippen LogP contribution in [0.2, 0.25) is 5.02 Å². The number of carbonyl (C=O) groups excluding carboxylic acids is 1. The van der Waals surface area contributed by atoms with Gasteiger partial charge in [-0.1, -0.05) is 41.9 Å². The van der Waals surface area contributed by atoms with Gasteiger partial charge in [-0.15, -0.1) is 0 Å². The van der Waals surface area contributed by atoms with Gasteiger partial charge >= 0.3 is 0 Å². The molecule has 0 unspecified atom stereocenters. The number of hydrogen-bond donors (Lipinski definition) is 2. The molecular weight excluding hydrogens is 312 g/mol. The fraction of sp³-hybridized carbons (Fsp3) is 0.176. The van der Waals surface area contributed by atoms with E-state index in [0.29, 0.717) is 5.02 Å². The molecule has 3 rings (SSSR count). The third-order valence-electron chi connectivity index (χ3n) is 3.90. The Bertz CT molecular complexity index is 757. The molecule has 2 aromatic carbocycles. The van der Waals surface area contributed by atoms with Crippen LogP contribution in [0.3, 0.4) is 0 Å². The fourth-order valence-electron chi connectivity index (χ4n) is 2.82. The predicted molar refractivity (Wildman–Crippen MR) is 91.5 cm³/mol. The van der Waals surface area contributed by atoms with E-state index in [1.165, 1.54) is 0 Å². The number of nitrogens with two attached hydrogens (primary N) is 1. The Labute approximate surface area is 139 Å². The number of nitrogens with one attached hydrogen (secondary N) is 1. The van der Waals surface area contributed by atoms with Crippen LogP contribution in [0.1, 0.15) is 24.1 Å². The maximum Gasteiger partial charge on any atom is 0.253 e. The summed E-state index contributed by atoms with van der Waals surface area (Å²) in [5.41, 5.74) is 5.18. The molecule has 5 nitrogen and oxygen atoms in total. The molecule has 1 aliphatic rings. The molecule has 0 saturated heterocycles. The maximum absolute atomic E-state index is 11.8. The number of rotatable bonds is 3. The van der Waals surface area contributed by atoms with Gasteiger partial charge in [-0.2, -0.15) is 0 Å². The lowest BCUT2D eigenvalue weighted by Gasteiger charge is -2.37. The van der Waals surface area contributed by atoms with Crippen LogP contribution in [-0.4, -0.2) is 23.2 Å². The average Bonchev–Trinajstić information content (AvgIpc) is 2.56. The highest BCUT2D eigenvalue weighted by molar-refractivity contribution is 6.30. The van der Waals surface area contributed by atoms with Crippen LogP contribution in [0.5, 0.6) is 0 Å². The molecule has 0 radical (unpaired) electrons. The molecule has 23 heavy (non-hydrogen) atoms. The van der Waals surface area contributed by atoms with E-state index in [2.05, 4.69) is 10.4 Å². The molecule has 118 valence electrons. The number of halogens is 1. The third kappa shape index (κ3) is 3.06. The van der Waals surface area contributed by atoms with Crippen molar-refractivity contribution in [3.63, 3.8) is 0 Å². The summed E-state index contributed by atoms with van der Waals surface area (Å²) >= 11 is 6.00. The molecule has 1 aliphatic heterocycles. The summed E-state index contributed by atoms with van der Waals surface area (Å²) < 4.78 is 0. The van der Waals surface area contributed by atoms with Crippen molar-refractivity contribution in [1.29, 1.82) is 0 Å². The zero-order valence-electron chi connectivity index (χ0n) is 12.7. The Morgan fingerprint density at radius 2 is 1.96 bits per heavy atom. The number of amidine groups is 1. The summed E-state index contributed by atoms with van der Waals surface area (Å²) in [6.45, 7) is 2.02. The lowest BCUT2D eigenvalue weighted by molar-refractivity contribution is -0.121. The van der Waals surface area contributed by atoms with Gasteiger partial charge in [0.1, 0.15) is 12.4 Å². The standard InChI is InChI=1S/C17H17ClN4O/c1-11-20-15-5-3-2-4-14(15)17(22(11)10-16(23)21-19)12-6-8-13(18)9-7-12/h2-9,17H,10,19H2,1H3,(H,21,23)/t17-/m0/s1. The summed E-state index contributed by atoms with van der Waals surface area (Å²) in [5.74, 6) is 5.75. The summed E-state index contributed by atoms with van der Waals surface area (Å²) in [6, 6.07) is 15.4. The second-order valence-corrected chi connectivity index (χ2v) is 5.80. The zero-order chi connectivity index (χ0) is 16.4. The van der Waals surface area contributed by atoms with Crippen molar-refractivity contribution >= 4 is 29.0 Å². The van der Waals surface area contributed by atoms with Crippen LogP contribution in [-0.2, 0) is 4.79 Å². The molecule has 2 aromatic rings. The lowest BCUT2D eigenvalue weighted by atomic mass is 9.94. The highest BCUT2D eigenvalue weighted by atomic mass is 35.5. The first-order valence-electron chi connectivity index (χ1n) is 7.26. The summed E-state index contributed by atoms with van der Waals surface area (Å²) in [6.07, 6.45) is 0. The first-order chi connectivity index (χ1) is 11.1. The van der Waals surface area contributed by atoms with Crippen LogP contribution >= 0.6 is 11.6 Å². The average molecular weight is 329 g/mol. The normalized spacial score (nSPS) is 16.6. The van der Waals surface area contributed by atoms with E-state index >= 15 is 0 Å². The highest BCUT2D eigenvalue weighted by Gasteiger charge is 2.30. The Balaban J connectivity index is 2.10. The van der Waals surface area contributed by atoms with Crippen molar-refractivity contribution in [2.24, 2.45) is 10.8 Å². The topological polar surface area (TPSA) is 70.7 Å². The smallest absolute Gasteiger partial charge is 0.253 e. The molecule has 0 saturated carbocycles. The number of carbonyl (C=O) groups is 1. The van der Waals surface area contributed by atoms with E-state index in [1.807, 2.05) is 60.4 Å². The van der Waals surface area contributed by atoms with Crippen molar-refractivity contribution in [3.8, 4) is 0 Å². The number of hydrazine groups is 1. The van der Waals surface area contributed by atoms with Gasteiger partial charge in [-0.3, -0.25) is 10.2 Å². The Kier molecular flexibility index (Phi) is 4.32. The van der Waals surface area contributed by atoms with Crippen molar-refractivity contribution in [1.82, 2.24) is 10.3 Å². The number of aliphatic imine (C=N–C) groups is 1. The summed E-state index contributed by atoms with van der Waals surface area (Å²) in [7, 11) is 0. The van der Waals surface area contributed by atoms with Crippen molar-refractivity contribution < 1.29 is 4.79 Å². The van der Waals surface area contributed by atoms with Gasteiger partial charge in [-0.05, 0) is 30.7 Å². The van der Waals surface area contributed by atoms with Crippen molar-refractivity contribution in [2.75, 3.05) is 6.54 Å². The van der Waals surface area contributed by atoms with Gasteiger partial charge in [0, 0.05) is 10.6 Å². The van der Waals surface area contributed by atoms with E-state index in [4.69, 9.17) is 17.4 Å². The van der Waals surface area contributed by atoms with Gasteiger partial charge in [0.25, 0.3) is 5.91 Å². The molecule has 0 spiro atoms. The molecule has 1 heterocycles. The quantitative estimate of drug-likeness (QED) is 0.517. The van der Waals surface area contributed by atoms with Crippen molar-refractivity contribution in [3.05, 3.63) is 64.7 Å².